The van der Waals surface area contributed by atoms with Crippen molar-refractivity contribution >= 4 is 11.8 Å². The van der Waals surface area contributed by atoms with E-state index in [0.717, 1.165) is 12.8 Å². The number of hydrogen-bond acceptors (Lipinski definition) is 1. The molecule has 0 bridgehead atoms. The second kappa shape index (κ2) is 6.42. The van der Waals surface area contributed by atoms with Gasteiger partial charge in [-0.25, -0.2) is 0 Å². The normalized spacial score (nSPS) is 19.9. The summed E-state index contributed by atoms with van der Waals surface area (Å²) in [5, 5.41) is 5.66. The van der Waals surface area contributed by atoms with Crippen LogP contribution in [-0.2, 0) is 12.8 Å². The van der Waals surface area contributed by atoms with Gasteiger partial charge >= 0.3 is 0 Å². The van der Waals surface area contributed by atoms with E-state index in [1.807, 2.05) is 0 Å². The molecule has 0 amide bonds. The second-order valence-corrected chi connectivity index (χ2v) is 8.05. The van der Waals surface area contributed by atoms with Crippen molar-refractivity contribution in [1.82, 2.24) is 4.90 Å². The highest BCUT2D eigenvalue weighted by atomic mass is 15.1. The quantitative estimate of drug-likeness (QED) is 0.744. The topological polar surface area (TPSA) is 3.24 Å². The van der Waals surface area contributed by atoms with E-state index in [4.69, 9.17) is 0 Å². The molecule has 1 atom stereocenters. The molecule has 1 heterocycles. The lowest BCUT2D eigenvalue weighted by Crippen LogP contribution is -2.30. The Kier molecular flexibility index (Phi) is 3.89. The van der Waals surface area contributed by atoms with E-state index in [0.29, 0.717) is 5.92 Å². The van der Waals surface area contributed by atoms with Gasteiger partial charge in [-0.1, -0.05) is 61.0 Å². The van der Waals surface area contributed by atoms with Crippen LogP contribution in [0, 0.1) is 23.3 Å². The molecule has 27 heavy (non-hydrogen) atoms. The minimum atomic E-state index is 0.663. The minimum absolute atomic E-state index is 0.663. The molecule has 0 saturated carbocycles. The highest BCUT2D eigenvalue weighted by Crippen LogP contribution is 2.28. The fourth-order valence-electron chi connectivity index (χ4n) is 4.72. The zero-order valence-corrected chi connectivity index (χ0v) is 16.1. The summed E-state index contributed by atoms with van der Waals surface area (Å²) in [6, 6.07) is 11.6. The number of benzene rings is 2. The van der Waals surface area contributed by atoms with Crippen LogP contribution >= 0.6 is 0 Å². The van der Waals surface area contributed by atoms with Gasteiger partial charge in [-0.3, -0.25) is 0 Å². The Labute approximate surface area is 160 Å². The maximum absolute atomic E-state index is 2.41. The van der Waals surface area contributed by atoms with Crippen LogP contribution < -0.4 is 10.4 Å². The van der Waals surface area contributed by atoms with Crippen molar-refractivity contribution in [2.45, 2.75) is 33.1 Å². The molecule has 134 valence electrons. The maximum Gasteiger partial charge on any atom is 0.0298 e. The first-order valence-corrected chi connectivity index (χ1v) is 9.96. The van der Waals surface area contributed by atoms with Gasteiger partial charge in [0.1, 0.15) is 0 Å². The Bertz CT molecular complexity index is 1210. The Morgan fingerprint density at radius 2 is 1.59 bits per heavy atom. The van der Waals surface area contributed by atoms with E-state index in [1.165, 1.54) is 44.1 Å². The van der Waals surface area contributed by atoms with E-state index < -0.39 is 0 Å². The molecule has 1 unspecified atom stereocenters. The number of allylic oxidation sites excluding steroid dienone is 4. The zero-order chi connectivity index (χ0) is 18.4. The SMILES string of the molecule is Cc1ccc2c(c1)=c1ccc3c(c1CC=2)CC(C)CC=3N1C=CC=CC=C1. The van der Waals surface area contributed by atoms with Crippen LogP contribution in [0.3, 0.4) is 0 Å². The van der Waals surface area contributed by atoms with Crippen molar-refractivity contribution in [2.24, 2.45) is 5.92 Å². The van der Waals surface area contributed by atoms with Crippen LogP contribution in [0.15, 0.2) is 67.0 Å². The summed E-state index contributed by atoms with van der Waals surface area (Å²) in [4.78, 5) is 2.31. The third-order valence-electron chi connectivity index (χ3n) is 6.00. The summed E-state index contributed by atoms with van der Waals surface area (Å²) in [6.07, 6.45) is 18.5. The molecule has 2 aliphatic carbocycles. The van der Waals surface area contributed by atoms with Gasteiger partial charge in [0.2, 0.25) is 0 Å². The summed E-state index contributed by atoms with van der Waals surface area (Å²) in [7, 11) is 0. The van der Waals surface area contributed by atoms with Crippen molar-refractivity contribution in [2.75, 3.05) is 0 Å². The van der Waals surface area contributed by atoms with Crippen LogP contribution in [0.1, 0.15) is 30.0 Å². The Hall–Kier alpha value is -2.80. The first kappa shape index (κ1) is 16.4. The highest BCUT2D eigenvalue weighted by molar-refractivity contribution is 5.55. The van der Waals surface area contributed by atoms with Crippen LogP contribution in [0.2, 0.25) is 0 Å². The molecule has 0 fully saturated rings. The van der Waals surface area contributed by atoms with E-state index in [-0.39, 0.29) is 0 Å². The summed E-state index contributed by atoms with van der Waals surface area (Å²) < 4.78 is 0. The van der Waals surface area contributed by atoms with Crippen molar-refractivity contribution in [1.29, 1.82) is 0 Å². The first-order valence-electron chi connectivity index (χ1n) is 9.96. The summed E-state index contributed by atoms with van der Waals surface area (Å²) >= 11 is 0. The Morgan fingerprint density at radius 1 is 0.815 bits per heavy atom. The molecule has 2 aromatic carbocycles. The number of hydrogen-bond donors (Lipinski definition) is 0. The van der Waals surface area contributed by atoms with Crippen molar-refractivity contribution in [3.05, 3.63) is 105 Å². The van der Waals surface area contributed by atoms with E-state index in [1.54, 1.807) is 5.56 Å². The molecule has 1 nitrogen and oxygen atoms in total. The van der Waals surface area contributed by atoms with Gasteiger partial charge in [0, 0.05) is 18.1 Å². The molecule has 0 spiro atoms. The highest BCUT2D eigenvalue weighted by Gasteiger charge is 2.22. The molecule has 1 aliphatic heterocycles. The molecule has 0 aromatic heterocycles. The van der Waals surface area contributed by atoms with E-state index >= 15 is 0 Å². The molecule has 2 aromatic rings. The molecule has 3 aliphatic rings. The molecule has 1 heteroatoms. The monoisotopic (exact) mass is 351 g/mol. The predicted octanol–water partition coefficient (Wildman–Crippen LogP) is 4.21. The third-order valence-corrected chi connectivity index (χ3v) is 6.00. The maximum atomic E-state index is 2.41. The lowest BCUT2D eigenvalue weighted by Gasteiger charge is -2.29. The largest absolute Gasteiger partial charge is 0.327 e. The Balaban J connectivity index is 1.84. The molecule has 0 N–H and O–H groups in total. The standard InChI is InChI=1S/C26H25N/c1-18-7-8-20-9-10-22-21(24(20)15-18)11-12-23-25(22)16-19(2)17-26(23)27-13-5-3-4-6-14-27/h3-9,11-15,19H,10,16-17H2,1-2H3. The second-order valence-electron chi connectivity index (χ2n) is 8.05. The molecule has 5 rings (SSSR count). The predicted molar refractivity (Wildman–Crippen MR) is 113 cm³/mol. The lowest BCUT2D eigenvalue weighted by atomic mass is 9.83. The molecular formula is C26H25N. The van der Waals surface area contributed by atoms with Crippen molar-refractivity contribution in [3.63, 3.8) is 0 Å². The number of nitrogens with zero attached hydrogens (tertiary/aromatic N) is 1. The van der Waals surface area contributed by atoms with Gasteiger partial charge in [0.25, 0.3) is 0 Å². The fraction of sp³-hybridized carbons (Fsp3) is 0.231. The van der Waals surface area contributed by atoms with Gasteiger partial charge in [0.05, 0.1) is 0 Å². The van der Waals surface area contributed by atoms with Crippen LogP contribution in [0.5, 0.6) is 0 Å². The summed E-state index contributed by atoms with van der Waals surface area (Å²) in [5.41, 5.74) is 5.86. The van der Waals surface area contributed by atoms with Crippen LogP contribution in [0.25, 0.3) is 11.8 Å². The summed E-state index contributed by atoms with van der Waals surface area (Å²) in [5.74, 6) is 0.663. The van der Waals surface area contributed by atoms with Gasteiger partial charge in [-0.15, -0.1) is 0 Å². The Morgan fingerprint density at radius 3 is 2.41 bits per heavy atom. The number of fused-ring (bicyclic) bond motifs is 4. The van der Waals surface area contributed by atoms with Gasteiger partial charge < -0.3 is 4.90 Å². The average molecular weight is 351 g/mol. The fourth-order valence-corrected chi connectivity index (χ4v) is 4.72. The molecule has 0 radical (unpaired) electrons. The number of aryl methyl sites for hydroxylation is 1. The average Bonchev–Trinajstić information content (AvgIpc) is 2.96. The first-order chi connectivity index (χ1) is 13.2. The van der Waals surface area contributed by atoms with Gasteiger partial charge in [-0.2, -0.15) is 0 Å². The van der Waals surface area contributed by atoms with E-state index in [9.17, 15) is 0 Å². The molecule has 0 saturated heterocycles. The van der Waals surface area contributed by atoms with Crippen molar-refractivity contribution in [3.8, 4) is 0 Å². The van der Waals surface area contributed by atoms with Crippen LogP contribution in [0.4, 0.5) is 0 Å². The van der Waals surface area contributed by atoms with E-state index in [2.05, 4.69) is 91.9 Å². The minimum Gasteiger partial charge on any atom is -0.327 e. The number of rotatable bonds is 1. The van der Waals surface area contributed by atoms with Crippen LogP contribution in [-0.4, -0.2) is 4.90 Å². The zero-order valence-electron chi connectivity index (χ0n) is 16.1. The smallest absolute Gasteiger partial charge is 0.0298 e. The lowest BCUT2D eigenvalue weighted by molar-refractivity contribution is 0.528. The van der Waals surface area contributed by atoms with Gasteiger partial charge in [-0.05, 0) is 76.3 Å². The summed E-state index contributed by atoms with van der Waals surface area (Å²) in [6.45, 7) is 4.57. The van der Waals surface area contributed by atoms with Gasteiger partial charge in [0.15, 0.2) is 0 Å². The van der Waals surface area contributed by atoms with Crippen molar-refractivity contribution < 1.29 is 0 Å². The molecular weight excluding hydrogens is 326 g/mol. The third kappa shape index (κ3) is 2.78.